The van der Waals surface area contributed by atoms with Gasteiger partial charge in [-0.15, -0.1) is 0 Å². The lowest BCUT2D eigenvalue weighted by atomic mass is 10.1. The number of rotatable bonds is 6. The second-order valence-corrected chi connectivity index (χ2v) is 6.13. The number of esters is 1. The van der Waals surface area contributed by atoms with Crippen molar-refractivity contribution in [1.82, 2.24) is 4.90 Å². The summed E-state index contributed by atoms with van der Waals surface area (Å²) in [5, 5.41) is 2.15. The van der Waals surface area contributed by atoms with Crippen LogP contribution in [0.5, 0.6) is 5.75 Å². The highest BCUT2D eigenvalue weighted by Crippen LogP contribution is 2.22. The zero-order valence-corrected chi connectivity index (χ0v) is 15.0. The second kappa shape index (κ2) is 8.33. The molecule has 0 saturated heterocycles. The van der Waals surface area contributed by atoms with Crippen molar-refractivity contribution >= 4 is 22.6 Å². The Morgan fingerprint density at radius 1 is 1.08 bits per heavy atom. The number of amides is 1. The van der Waals surface area contributed by atoms with Gasteiger partial charge in [-0.1, -0.05) is 23.8 Å². The molecule has 0 spiro atoms. The number of methoxy groups -OCH3 is 1. The summed E-state index contributed by atoms with van der Waals surface area (Å²) in [5.74, 6) is 0.0671. The monoisotopic (exact) mass is 341 g/mol. The maximum atomic E-state index is 12.1. The Morgan fingerprint density at radius 3 is 2.44 bits per heavy atom. The maximum Gasteiger partial charge on any atom is 0.331 e. The molecular formula is C20H23NO4. The largest absolute Gasteiger partial charge is 0.497 e. The van der Waals surface area contributed by atoms with Crippen LogP contribution in [-0.4, -0.2) is 37.5 Å². The predicted molar refractivity (Wildman–Crippen MR) is 97.4 cm³/mol. The van der Waals surface area contributed by atoms with E-state index in [0.717, 1.165) is 27.7 Å². The van der Waals surface area contributed by atoms with Crippen LogP contribution in [0.25, 0.3) is 10.8 Å². The van der Waals surface area contributed by atoms with Crippen molar-refractivity contribution in [2.75, 3.05) is 20.8 Å². The molecule has 0 saturated carbocycles. The minimum absolute atomic E-state index is 0.245. The summed E-state index contributed by atoms with van der Waals surface area (Å²) in [6.07, 6.45) is 1.37. The molecule has 132 valence electrons. The molecule has 0 fully saturated rings. The van der Waals surface area contributed by atoms with Crippen molar-refractivity contribution in [3.05, 3.63) is 53.6 Å². The molecule has 0 aliphatic rings. The van der Waals surface area contributed by atoms with Gasteiger partial charge in [0.25, 0.3) is 5.91 Å². The predicted octanol–water partition coefficient (Wildman–Crippen LogP) is 3.32. The number of benzene rings is 2. The van der Waals surface area contributed by atoms with Gasteiger partial charge in [0.15, 0.2) is 6.61 Å². The van der Waals surface area contributed by atoms with Gasteiger partial charge >= 0.3 is 5.97 Å². The van der Waals surface area contributed by atoms with Crippen molar-refractivity contribution in [3.8, 4) is 5.75 Å². The third kappa shape index (κ3) is 5.35. The van der Waals surface area contributed by atoms with E-state index in [1.807, 2.05) is 36.4 Å². The minimum Gasteiger partial charge on any atom is -0.497 e. The fraction of sp³-hybridized carbons (Fsp3) is 0.300. The molecule has 5 heteroatoms. The van der Waals surface area contributed by atoms with Crippen molar-refractivity contribution in [1.29, 1.82) is 0 Å². The minimum atomic E-state index is -0.499. The van der Waals surface area contributed by atoms with E-state index in [2.05, 4.69) is 0 Å². The Morgan fingerprint density at radius 2 is 1.76 bits per heavy atom. The van der Waals surface area contributed by atoms with E-state index in [-0.39, 0.29) is 12.5 Å². The summed E-state index contributed by atoms with van der Waals surface area (Å²) in [6, 6.07) is 11.9. The molecule has 0 heterocycles. The van der Waals surface area contributed by atoms with Crippen LogP contribution in [0.2, 0.25) is 0 Å². The molecule has 1 amide bonds. The molecule has 25 heavy (non-hydrogen) atoms. The van der Waals surface area contributed by atoms with E-state index in [9.17, 15) is 9.59 Å². The quantitative estimate of drug-likeness (QED) is 0.597. The Balaban J connectivity index is 1.98. The summed E-state index contributed by atoms with van der Waals surface area (Å²) in [6.45, 7) is 3.78. The lowest BCUT2D eigenvalue weighted by Gasteiger charge is -2.17. The van der Waals surface area contributed by atoms with Gasteiger partial charge in [-0.25, -0.2) is 4.79 Å². The first-order chi connectivity index (χ1) is 11.9. The number of ether oxygens (including phenoxy) is 2. The van der Waals surface area contributed by atoms with Crippen LogP contribution in [0.4, 0.5) is 0 Å². The lowest BCUT2D eigenvalue weighted by Crippen LogP contribution is -2.30. The SMILES string of the molecule is COc1ccc2cc(CN(C)C(=O)COC(=O)C=C(C)C)ccc2c1. The molecule has 0 N–H and O–H groups in total. The molecule has 0 aliphatic heterocycles. The number of fused-ring (bicyclic) bond motifs is 1. The number of allylic oxidation sites excluding steroid dienone is 1. The van der Waals surface area contributed by atoms with Gasteiger partial charge in [-0.3, -0.25) is 4.79 Å². The van der Waals surface area contributed by atoms with Crippen LogP contribution in [0.1, 0.15) is 19.4 Å². The topological polar surface area (TPSA) is 55.8 Å². The third-order valence-corrected chi connectivity index (χ3v) is 3.70. The number of nitrogens with zero attached hydrogens (tertiary/aromatic N) is 1. The smallest absolute Gasteiger partial charge is 0.331 e. The standard InChI is InChI=1S/C20H23NO4/c1-14(2)9-20(23)25-13-19(22)21(3)12-15-5-6-17-11-18(24-4)8-7-16(17)10-15/h5-11H,12-13H2,1-4H3. The highest BCUT2D eigenvalue weighted by Gasteiger charge is 2.12. The number of likely N-dealkylation sites (N-methyl/N-ethyl adjacent to an activating group) is 1. The number of carbonyl (C=O) groups excluding carboxylic acids is 2. The average Bonchev–Trinajstić information content (AvgIpc) is 2.58. The first kappa shape index (κ1) is 18.5. The molecular weight excluding hydrogens is 318 g/mol. The van der Waals surface area contributed by atoms with Crippen LogP contribution in [0.15, 0.2) is 48.0 Å². The van der Waals surface area contributed by atoms with E-state index < -0.39 is 5.97 Å². The summed E-state index contributed by atoms with van der Waals surface area (Å²) >= 11 is 0. The van der Waals surface area contributed by atoms with Crippen molar-refractivity contribution < 1.29 is 19.1 Å². The molecule has 0 unspecified atom stereocenters. The van der Waals surface area contributed by atoms with Crippen LogP contribution in [-0.2, 0) is 20.9 Å². The van der Waals surface area contributed by atoms with E-state index in [0.29, 0.717) is 6.54 Å². The van der Waals surface area contributed by atoms with Gasteiger partial charge in [-0.05, 0) is 48.4 Å². The normalized spacial score (nSPS) is 10.2. The van der Waals surface area contributed by atoms with Gasteiger partial charge in [0, 0.05) is 19.7 Å². The summed E-state index contributed by atoms with van der Waals surface area (Å²) in [5.41, 5.74) is 1.84. The van der Waals surface area contributed by atoms with Crippen LogP contribution in [0.3, 0.4) is 0 Å². The molecule has 0 atom stereocenters. The van der Waals surface area contributed by atoms with Crippen molar-refractivity contribution in [2.24, 2.45) is 0 Å². The number of carbonyl (C=O) groups is 2. The molecule has 5 nitrogen and oxygen atoms in total. The van der Waals surface area contributed by atoms with Crippen LogP contribution < -0.4 is 4.74 Å². The highest BCUT2D eigenvalue weighted by molar-refractivity contribution is 5.86. The Hall–Kier alpha value is -2.82. The molecule has 0 aromatic heterocycles. The Bertz CT molecular complexity index is 806. The Labute approximate surface area is 147 Å². The van der Waals surface area contributed by atoms with Crippen LogP contribution in [0, 0.1) is 0 Å². The molecule has 2 rings (SSSR count). The van der Waals surface area contributed by atoms with E-state index in [4.69, 9.17) is 9.47 Å². The highest BCUT2D eigenvalue weighted by atomic mass is 16.5. The van der Waals surface area contributed by atoms with Gasteiger partial charge < -0.3 is 14.4 Å². The third-order valence-electron chi connectivity index (χ3n) is 3.70. The number of hydrogen-bond acceptors (Lipinski definition) is 4. The van der Waals surface area contributed by atoms with E-state index in [1.165, 1.54) is 6.08 Å². The number of hydrogen-bond donors (Lipinski definition) is 0. The summed E-state index contributed by atoms with van der Waals surface area (Å²) in [4.78, 5) is 25.1. The molecule has 0 aliphatic carbocycles. The molecule has 0 radical (unpaired) electrons. The van der Waals surface area contributed by atoms with Gasteiger partial charge in [-0.2, -0.15) is 0 Å². The molecule has 0 bridgehead atoms. The fourth-order valence-corrected chi connectivity index (χ4v) is 2.38. The molecule has 2 aromatic carbocycles. The zero-order chi connectivity index (χ0) is 18.4. The van der Waals surface area contributed by atoms with E-state index in [1.54, 1.807) is 32.9 Å². The fourth-order valence-electron chi connectivity index (χ4n) is 2.38. The van der Waals surface area contributed by atoms with E-state index >= 15 is 0 Å². The Kier molecular flexibility index (Phi) is 6.17. The second-order valence-electron chi connectivity index (χ2n) is 6.13. The van der Waals surface area contributed by atoms with Crippen molar-refractivity contribution in [3.63, 3.8) is 0 Å². The molecule has 2 aromatic rings. The lowest BCUT2D eigenvalue weighted by molar-refractivity contribution is -0.147. The van der Waals surface area contributed by atoms with Gasteiger partial charge in [0.1, 0.15) is 5.75 Å². The van der Waals surface area contributed by atoms with Crippen molar-refractivity contribution in [2.45, 2.75) is 20.4 Å². The first-order valence-corrected chi connectivity index (χ1v) is 8.01. The van der Waals surface area contributed by atoms with Crippen LogP contribution >= 0.6 is 0 Å². The maximum absolute atomic E-state index is 12.1. The summed E-state index contributed by atoms with van der Waals surface area (Å²) in [7, 11) is 3.33. The summed E-state index contributed by atoms with van der Waals surface area (Å²) < 4.78 is 10.2. The zero-order valence-electron chi connectivity index (χ0n) is 15.0. The first-order valence-electron chi connectivity index (χ1n) is 8.01. The average molecular weight is 341 g/mol. The van der Waals surface area contributed by atoms with Gasteiger partial charge in [0.05, 0.1) is 7.11 Å². The van der Waals surface area contributed by atoms with Gasteiger partial charge in [0.2, 0.25) is 0 Å².